The van der Waals surface area contributed by atoms with Crippen molar-refractivity contribution in [2.75, 3.05) is 13.7 Å². The van der Waals surface area contributed by atoms with E-state index in [-0.39, 0.29) is 5.60 Å². The van der Waals surface area contributed by atoms with Crippen molar-refractivity contribution >= 4 is 27.3 Å². The molecule has 1 fully saturated rings. The van der Waals surface area contributed by atoms with Crippen molar-refractivity contribution < 1.29 is 4.74 Å². The lowest BCUT2D eigenvalue weighted by Crippen LogP contribution is -2.55. The van der Waals surface area contributed by atoms with E-state index in [2.05, 4.69) is 47.2 Å². The molecule has 1 N–H and O–H groups in total. The fourth-order valence-corrected chi connectivity index (χ4v) is 4.90. The van der Waals surface area contributed by atoms with Crippen molar-refractivity contribution in [3.8, 4) is 0 Å². The van der Waals surface area contributed by atoms with Gasteiger partial charge in [0, 0.05) is 18.0 Å². The summed E-state index contributed by atoms with van der Waals surface area (Å²) in [6, 6.07) is 4.81. The molecular formula is C17H28BrNOS. The van der Waals surface area contributed by atoms with Crippen LogP contribution in [0.1, 0.15) is 50.8 Å². The normalized spacial score (nSPS) is 27.7. The van der Waals surface area contributed by atoms with Crippen LogP contribution in [0.3, 0.4) is 0 Å². The highest BCUT2D eigenvalue weighted by atomic mass is 79.9. The van der Waals surface area contributed by atoms with Gasteiger partial charge in [0.1, 0.15) is 0 Å². The molecule has 1 aliphatic rings. The van der Waals surface area contributed by atoms with Gasteiger partial charge in [-0.2, -0.15) is 0 Å². The molecule has 1 saturated carbocycles. The Morgan fingerprint density at radius 1 is 1.43 bits per heavy atom. The second-order valence-corrected chi connectivity index (χ2v) is 8.92. The van der Waals surface area contributed by atoms with Crippen molar-refractivity contribution in [2.24, 2.45) is 5.92 Å². The van der Waals surface area contributed by atoms with Gasteiger partial charge in [-0.1, -0.05) is 13.8 Å². The summed E-state index contributed by atoms with van der Waals surface area (Å²) in [7, 11) is 1.90. The third kappa shape index (κ3) is 4.54. The molecule has 0 aromatic carbocycles. The van der Waals surface area contributed by atoms with Gasteiger partial charge < -0.3 is 10.1 Å². The quantitative estimate of drug-likeness (QED) is 0.724. The first kappa shape index (κ1) is 17.5. The van der Waals surface area contributed by atoms with Gasteiger partial charge in [0.25, 0.3) is 0 Å². The Bertz CT molecular complexity index is 426. The van der Waals surface area contributed by atoms with E-state index in [1.54, 1.807) is 0 Å². The molecule has 1 unspecified atom stereocenters. The minimum atomic E-state index is 0.0120. The lowest BCUT2D eigenvalue weighted by molar-refractivity contribution is -0.0743. The largest absolute Gasteiger partial charge is 0.377 e. The molecule has 0 amide bonds. The number of hydrogen-bond acceptors (Lipinski definition) is 3. The van der Waals surface area contributed by atoms with Gasteiger partial charge >= 0.3 is 0 Å². The number of nitrogens with one attached hydrogen (secondary N) is 1. The lowest BCUT2D eigenvalue weighted by Gasteiger charge is -2.44. The summed E-state index contributed by atoms with van der Waals surface area (Å²) in [5.74, 6) is 0.844. The van der Waals surface area contributed by atoms with E-state index in [9.17, 15) is 0 Å². The standard InChI is InChI=1S/C17H28BrNOS/c1-4-11-19-15(12-14-5-6-16(18)21-14)17(20-3)9-7-13(2)8-10-17/h5-6,13,15,19H,4,7-12H2,1-3H3. The predicted octanol–water partition coefficient (Wildman–Crippen LogP) is 5.02. The maximum absolute atomic E-state index is 6.10. The van der Waals surface area contributed by atoms with Crippen LogP contribution in [-0.4, -0.2) is 25.3 Å². The maximum Gasteiger partial charge on any atom is 0.0834 e. The van der Waals surface area contributed by atoms with E-state index in [1.807, 2.05) is 18.4 Å². The number of hydrogen-bond donors (Lipinski definition) is 1. The summed E-state index contributed by atoms with van der Waals surface area (Å²) in [6.07, 6.45) is 7.16. The SMILES string of the molecule is CCCNC(Cc1ccc(Br)s1)C1(OC)CCC(C)CC1. The van der Waals surface area contributed by atoms with Gasteiger partial charge in [-0.05, 0) is 79.1 Å². The molecule has 4 heteroatoms. The molecule has 1 aliphatic carbocycles. The van der Waals surface area contributed by atoms with E-state index < -0.39 is 0 Å². The molecule has 2 nitrogen and oxygen atoms in total. The highest BCUT2D eigenvalue weighted by molar-refractivity contribution is 9.11. The van der Waals surface area contributed by atoms with E-state index in [1.165, 1.54) is 40.8 Å². The van der Waals surface area contributed by atoms with E-state index in [0.717, 1.165) is 18.9 Å². The molecule has 1 aromatic rings. The van der Waals surface area contributed by atoms with E-state index >= 15 is 0 Å². The Kier molecular flexibility index (Phi) is 6.73. The molecule has 2 rings (SSSR count). The second-order valence-electron chi connectivity index (χ2n) is 6.37. The number of halogens is 1. The predicted molar refractivity (Wildman–Crippen MR) is 95.2 cm³/mol. The van der Waals surface area contributed by atoms with Crippen molar-refractivity contribution in [2.45, 2.75) is 64.0 Å². The van der Waals surface area contributed by atoms with Crippen LogP contribution in [0.5, 0.6) is 0 Å². The third-order valence-electron chi connectivity index (χ3n) is 4.84. The van der Waals surface area contributed by atoms with Crippen LogP contribution in [0.4, 0.5) is 0 Å². The van der Waals surface area contributed by atoms with Crippen molar-refractivity contribution in [1.82, 2.24) is 5.32 Å². The van der Waals surface area contributed by atoms with Gasteiger partial charge in [0.2, 0.25) is 0 Å². The first-order valence-electron chi connectivity index (χ1n) is 8.12. The average Bonchev–Trinajstić information content (AvgIpc) is 2.90. The van der Waals surface area contributed by atoms with Crippen molar-refractivity contribution in [3.63, 3.8) is 0 Å². The van der Waals surface area contributed by atoms with Crippen LogP contribution in [0.2, 0.25) is 0 Å². The Hall–Kier alpha value is 0.1000. The fraction of sp³-hybridized carbons (Fsp3) is 0.765. The van der Waals surface area contributed by atoms with Crippen LogP contribution in [0, 0.1) is 5.92 Å². The number of rotatable bonds is 7. The summed E-state index contributed by atoms with van der Waals surface area (Å²) in [5.41, 5.74) is 0.0120. The topological polar surface area (TPSA) is 21.3 Å². The maximum atomic E-state index is 6.10. The molecule has 120 valence electrons. The highest BCUT2D eigenvalue weighted by Crippen LogP contribution is 2.38. The number of ether oxygens (including phenoxy) is 1. The van der Waals surface area contributed by atoms with E-state index in [0.29, 0.717) is 6.04 Å². The summed E-state index contributed by atoms with van der Waals surface area (Å²) < 4.78 is 7.31. The Balaban J connectivity index is 2.12. The van der Waals surface area contributed by atoms with E-state index in [4.69, 9.17) is 4.74 Å². The molecule has 0 bridgehead atoms. The Labute approximate surface area is 141 Å². The van der Waals surface area contributed by atoms with Crippen LogP contribution in [0.15, 0.2) is 15.9 Å². The second kappa shape index (κ2) is 8.09. The van der Waals surface area contributed by atoms with Gasteiger partial charge in [-0.15, -0.1) is 11.3 Å². The zero-order valence-electron chi connectivity index (χ0n) is 13.5. The van der Waals surface area contributed by atoms with Crippen LogP contribution < -0.4 is 5.32 Å². The molecule has 1 aromatic heterocycles. The lowest BCUT2D eigenvalue weighted by atomic mass is 9.74. The van der Waals surface area contributed by atoms with Crippen LogP contribution >= 0.6 is 27.3 Å². The number of methoxy groups -OCH3 is 1. The average molecular weight is 374 g/mol. The molecule has 0 aliphatic heterocycles. The summed E-state index contributed by atoms with van der Waals surface area (Å²) in [5, 5.41) is 3.77. The van der Waals surface area contributed by atoms with Gasteiger partial charge in [0.15, 0.2) is 0 Å². The number of thiophene rings is 1. The zero-order valence-corrected chi connectivity index (χ0v) is 15.9. The third-order valence-corrected chi connectivity index (χ3v) is 6.48. The van der Waals surface area contributed by atoms with Crippen molar-refractivity contribution in [3.05, 3.63) is 20.8 Å². The molecule has 0 radical (unpaired) electrons. The summed E-state index contributed by atoms with van der Waals surface area (Å²) in [6.45, 7) is 5.66. The minimum Gasteiger partial charge on any atom is -0.377 e. The molecule has 0 saturated heterocycles. The monoisotopic (exact) mass is 373 g/mol. The molecule has 1 atom stereocenters. The highest BCUT2D eigenvalue weighted by Gasteiger charge is 2.41. The van der Waals surface area contributed by atoms with Crippen LogP contribution in [0.25, 0.3) is 0 Å². The zero-order chi connectivity index (χ0) is 15.3. The first-order chi connectivity index (χ1) is 10.1. The van der Waals surface area contributed by atoms with Gasteiger partial charge in [-0.25, -0.2) is 0 Å². The fourth-order valence-electron chi connectivity index (χ4n) is 3.37. The van der Waals surface area contributed by atoms with Gasteiger partial charge in [-0.3, -0.25) is 0 Å². The summed E-state index contributed by atoms with van der Waals surface area (Å²) >= 11 is 5.42. The molecule has 0 spiro atoms. The van der Waals surface area contributed by atoms with Crippen LogP contribution in [-0.2, 0) is 11.2 Å². The molecular weight excluding hydrogens is 346 g/mol. The smallest absolute Gasteiger partial charge is 0.0834 e. The molecule has 1 heterocycles. The Morgan fingerprint density at radius 3 is 2.67 bits per heavy atom. The van der Waals surface area contributed by atoms with Gasteiger partial charge in [0.05, 0.1) is 9.39 Å². The summed E-state index contributed by atoms with van der Waals surface area (Å²) in [4.78, 5) is 1.44. The molecule has 21 heavy (non-hydrogen) atoms. The first-order valence-corrected chi connectivity index (χ1v) is 9.73. The minimum absolute atomic E-state index is 0.0120. The van der Waals surface area contributed by atoms with Crippen molar-refractivity contribution in [1.29, 1.82) is 0 Å². The Morgan fingerprint density at radius 2 is 2.14 bits per heavy atom.